The van der Waals surface area contributed by atoms with Crippen LogP contribution in [0.15, 0.2) is 11.1 Å². The first-order chi connectivity index (χ1) is 15.7. The number of rotatable bonds is 7. The van der Waals surface area contributed by atoms with Crippen LogP contribution in [-0.2, 0) is 32.7 Å². The van der Waals surface area contributed by atoms with Gasteiger partial charge in [0.15, 0.2) is 23.5 Å². The molecule has 0 aliphatic carbocycles. The Morgan fingerprint density at radius 2 is 2.09 bits per heavy atom. The zero-order valence-electron chi connectivity index (χ0n) is 18.9. The van der Waals surface area contributed by atoms with E-state index in [2.05, 4.69) is 20.3 Å². The van der Waals surface area contributed by atoms with E-state index in [1.807, 2.05) is 6.92 Å². The van der Waals surface area contributed by atoms with Crippen LogP contribution in [0.25, 0.3) is 11.2 Å². The number of carbonyl (C=O) groups excluding carboxylic acids is 2. The Morgan fingerprint density at radius 3 is 2.79 bits per heavy atom. The Bertz CT molecular complexity index is 1170. The second kappa shape index (κ2) is 11.0. The molecule has 14 nitrogen and oxygen atoms in total. The van der Waals surface area contributed by atoms with E-state index in [1.165, 1.54) is 10.9 Å². The maximum Gasteiger partial charge on any atom is 1.00 e. The summed E-state index contributed by atoms with van der Waals surface area (Å²) in [6.45, 7) is 3.29. The number of nitrogens with one attached hydrogen (secondary N) is 2. The molecule has 0 bridgehead atoms. The van der Waals surface area contributed by atoms with E-state index in [0.717, 1.165) is 0 Å². The van der Waals surface area contributed by atoms with Gasteiger partial charge in [0.1, 0.15) is 12.2 Å². The summed E-state index contributed by atoms with van der Waals surface area (Å²) in [4.78, 5) is 59.3. The number of phosphoric acid groups is 1. The van der Waals surface area contributed by atoms with E-state index in [1.54, 1.807) is 6.92 Å². The number of esters is 1. The number of carbonyl (C=O) groups is 2. The summed E-state index contributed by atoms with van der Waals surface area (Å²) in [7, 11) is -4.61. The van der Waals surface area contributed by atoms with Crippen LogP contribution < -0.4 is 45.3 Å². The van der Waals surface area contributed by atoms with Crippen LogP contribution in [-0.4, -0.2) is 56.3 Å². The van der Waals surface area contributed by atoms with Gasteiger partial charge in [0.05, 0.1) is 12.9 Å². The number of fused-ring (bicyclic) bond motifs is 2. The van der Waals surface area contributed by atoms with Crippen LogP contribution in [0.3, 0.4) is 0 Å². The zero-order valence-corrected chi connectivity index (χ0v) is 21.8. The van der Waals surface area contributed by atoms with Gasteiger partial charge < -0.3 is 23.4 Å². The number of H-pyrrole nitrogens is 1. The van der Waals surface area contributed by atoms with Crippen molar-refractivity contribution in [2.45, 2.75) is 64.1 Å². The average molecular weight is 507 g/mol. The van der Waals surface area contributed by atoms with Crippen LogP contribution in [0.4, 0.5) is 5.95 Å². The molecule has 2 aliphatic heterocycles. The van der Waals surface area contributed by atoms with Gasteiger partial charge in [-0.2, -0.15) is 4.98 Å². The van der Waals surface area contributed by atoms with Gasteiger partial charge in [0.2, 0.25) is 11.9 Å². The normalized spacial score (nSPS) is 28.2. The molecule has 0 radical (unpaired) electrons. The molecule has 0 aromatic carbocycles. The minimum atomic E-state index is -4.61. The van der Waals surface area contributed by atoms with Crippen molar-refractivity contribution in [2.24, 2.45) is 0 Å². The van der Waals surface area contributed by atoms with E-state index in [9.17, 15) is 23.8 Å². The Balaban J connectivity index is 0.00000324. The molecule has 5 atom stereocenters. The zero-order chi connectivity index (χ0) is 23.8. The van der Waals surface area contributed by atoms with Crippen molar-refractivity contribution in [2.75, 3.05) is 11.9 Å². The van der Waals surface area contributed by atoms with Crippen molar-refractivity contribution >= 4 is 36.8 Å². The first-order valence-corrected chi connectivity index (χ1v) is 11.9. The number of amides is 1. The number of hydrogen-bond donors (Lipinski definition) is 2. The largest absolute Gasteiger partial charge is 1.00 e. The molecule has 2 N–H and O–H groups in total. The van der Waals surface area contributed by atoms with Crippen molar-refractivity contribution in [1.82, 2.24) is 19.5 Å². The molecule has 2 aromatic heterocycles. The smallest absolute Gasteiger partial charge is 0.756 e. The maximum absolute atomic E-state index is 12.5. The molecule has 2 saturated heterocycles. The Labute approximate surface area is 215 Å². The van der Waals surface area contributed by atoms with Gasteiger partial charge in [-0.3, -0.25) is 33.8 Å². The molecule has 2 aliphatic rings. The molecule has 1 unspecified atom stereocenters. The van der Waals surface area contributed by atoms with Crippen LogP contribution in [0.1, 0.15) is 45.8 Å². The molecular formula is C18H23N5NaO9P. The summed E-state index contributed by atoms with van der Waals surface area (Å²) in [6.07, 6.45) is -1.61. The second-order valence-electron chi connectivity index (χ2n) is 7.62. The fourth-order valence-electron chi connectivity index (χ4n) is 3.67. The number of anilines is 1. The predicted octanol–water partition coefficient (Wildman–Crippen LogP) is -2.64. The Hall–Kier alpha value is -1.64. The molecule has 2 fully saturated rings. The van der Waals surface area contributed by atoms with Crippen molar-refractivity contribution in [3.8, 4) is 0 Å². The number of aromatic amines is 1. The third-order valence-electron chi connectivity index (χ3n) is 5.10. The summed E-state index contributed by atoms with van der Waals surface area (Å²) in [6, 6.07) is 0. The fourth-order valence-corrected chi connectivity index (χ4v) is 4.62. The molecule has 34 heavy (non-hydrogen) atoms. The molecule has 180 valence electrons. The third kappa shape index (κ3) is 5.60. The molecule has 4 rings (SSSR count). The summed E-state index contributed by atoms with van der Waals surface area (Å²) in [5, 5.41) is 2.51. The second-order valence-corrected chi connectivity index (χ2v) is 8.98. The van der Waals surface area contributed by atoms with Crippen LogP contribution in [0.2, 0.25) is 0 Å². The minimum absolute atomic E-state index is 0. The molecule has 2 aromatic rings. The number of phosphoric ester groups is 1. The van der Waals surface area contributed by atoms with Gasteiger partial charge in [0.25, 0.3) is 13.4 Å². The van der Waals surface area contributed by atoms with E-state index in [-0.39, 0.29) is 72.0 Å². The van der Waals surface area contributed by atoms with Crippen molar-refractivity contribution in [3.63, 3.8) is 0 Å². The molecule has 16 heteroatoms. The number of hydrogen-bond acceptors (Lipinski definition) is 11. The number of imidazole rings is 1. The number of nitrogens with zero attached hydrogens (tertiary/aromatic N) is 3. The van der Waals surface area contributed by atoms with Crippen molar-refractivity contribution < 1.29 is 67.1 Å². The van der Waals surface area contributed by atoms with Gasteiger partial charge in [-0.05, 0) is 12.8 Å². The van der Waals surface area contributed by atoms with Gasteiger partial charge >= 0.3 is 35.5 Å². The topological polar surface area (TPSA) is 187 Å². The van der Waals surface area contributed by atoms with Crippen LogP contribution in [0, 0.1) is 0 Å². The molecular weight excluding hydrogens is 484 g/mol. The Kier molecular flexibility index (Phi) is 8.69. The van der Waals surface area contributed by atoms with E-state index in [0.29, 0.717) is 12.8 Å². The Morgan fingerprint density at radius 1 is 1.35 bits per heavy atom. The summed E-state index contributed by atoms with van der Waals surface area (Å²) >= 11 is 0. The number of ether oxygens (including phenoxy) is 2. The molecule has 0 saturated carbocycles. The SMILES string of the molecule is CCCC(=O)Nc1nc2c(ncn2[C@@H]2O[C@@H]3COP(=O)([O-])O[C@H]3[C@H]2OC(=O)CCC)c(=O)[nH]1.[Na+]. The van der Waals surface area contributed by atoms with E-state index >= 15 is 0 Å². The predicted molar refractivity (Wildman–Crippen MR) is 109 cm³/mol. The average Bonchev–Trinajstić information content (AvgIpc) is 3.29. The fraction of sp³-hybridized carbons (Fsp3) is 0.611. The van der Waals surface area contributed by atoms with Crippen molar-refractivity contribution in [3.05, 3.63) is 16.7 Å². The van der Waals surface area contributed by atoms with Crippen molar-refractivity contribution in [1.29, 1.82) is 0 Å². The van der Waals surface area contributed by atoms with Gasteiger partial charge in [-0.25, -0.2) is 4.98 Å². The first-order valence-electron chi connectivity index (χ1n) is 10.5. The third-order valence-corrected chi connectivity index (χ3v) is 6.06. The van der Waals surface area contributed by atoms with Gasteiger partial charge in [-0.15, -0.1) is 0 Å². The summed E-state index contributed by atoms with van der Waals surface area (Å²) in [5.41, 5.74) is -0.617. The van der Waals surface area contributed by atoms with Crippen LogP contribution >= 0.6 is 7.82 Å². The van der Waals surface area contributed by atoms with Gasteiger partial charge in [-0.1, -0.05) is 13.8 Å². The van der Waals surface area contributed by atoms with Crippen LogP contribution in [0.5, 0.6) is 0 Å². The summed E-state index contributed by atoms with van der Waals surface area (Å²) < 4.78 is 34.4. The van der Waals surface area contributed by atoms with E-state index in [4.69, 9.17) is 18.5 Å². The molecule has 4 heterocycles. The van der Waals surface area contributed by atoms with E-state index < -0.39 is 43.9 Å². The standard InChI is InChI=1S/C18H24N5O9P.Na/c1-3-5-10(24)20-18-21-15-12(16(26)22-18)19-8-23(15)17-14(31-11(25)6-4-2)13-9(30-17)7-29-33(27,28)32-13;/h8-9,13-14,17H,3-7H2,1-2H3,(H,27,28)(H2,20,21,22,24,26);/q;+1/p-1/t9-,13-,14-,17-;/m1./s1. The summed E-state index contributed by atoms with van der Waals surface area (Å²) in [5.74, 6) is -1.00. The molecule has 1 amide bonds. The first kappa shape index (κ1) is 27.0. The quantitative estimate of drug-likeness (QED) is 0.227. The van der Waals surface area contributed by atoms with Gasteiger partial charge in [0, 0.05) is 12.8 Å². The maximum atomic E-state index is 12.5. The molecule has 0 spiro atoms. The number of aromatic nitrogens is 4. The monoisotopic (exact) mass is 507 g/mol. The minimum Gasteiger partial charge on any atom is -0.756 e.